The normalized spacial score (nSPS) is 11.8. The molecule has 0 saturated heterocycles. The van der Waals surface area contributed by atoms with Crippen LogP contribution in [0.15, 0.2) is 40.9 Å². The molecular formula is C17H17N7OS. The molecule has 8 nitrogen and oxygen atoms in total. The van der Waals surface area contributed by atoms with Gasteiger partial charge in [0, 0.05) is 17.0 Å². The molecule has 0 aromatic carbocycles. The van der Waals surface area contributed by atoms with Gasteiger partial charge >= 0.3 is 0 Å². The van der Waals surface area contributed by atoms with Gasteiger partial charge in [0.25, 0.3) is 0 Å². The van der Waals surface area contributed by atoms with Crippen LogP contribution in [0, 0.1) is 0 Å². The summed E-state index contributed by atoms with van der Waals surface area (Å²) >= 11 is 1.65. The van der Waals surface area contributed by atoms with Crippen molar-refractivity contribution in [2.45, 2.75) is 32.6 Å². The molecule has 0 saturated carbocycles. The molecule has 26 heavy (non-hydrogen) atoms. The minimum atomic E-state index is 0.0331. The van der Waals surface area contributed by atoms with Crippen molar-refractivity contribution < 1.29 is 4.52 Å². The van der Waals surface area contributed by atoms with Gasteiger partial charge in [-0.3, -0.25) is 0 Å². The Labute approximate surface area is 154 Å². The molecule has 0 atom stereocenters. The minimum Gasteiger partial charge on any atom is -0.339 e. The number of nitrogens with zero attached hydrogens (tertiary/aromatic N) is 7. The van der Waals surface area contributed by atoms with E-state index in [1.54, 1.807) is 28.5 Å². The van der Waals surface area contributed by atoms with Crippen LogP contribution in [0.1, 0.15) is 37.4 Å². The van der Waals surface area contributed by atoms with Crippen LogP contribution in [0.5, 0.6) is 0 Å². The first-order valence-corrected chi connectivity index (χ1v) is 8.96. The highest BCUT2D eigenvalue weighted by atomic mass is 32.1. The number of thiazole rings is 1. The maximum Gasteiger partial charge on any atom is 0.233 e. The van der Waals surface area contributed by atoms with Gasteiger partial charge in [0.1, 0.15) is 12.7 Å². The molecule has 0 N–H and O–H groups in total. The Morgan fingerprint density at radius 3 is 2.85 bits per heavy atom. The molecule has 0 aliphatic rings. The molecule has 0 fully saturated rings. The Morgan fingerprint density at radius 2 is 2.12 bits per heavy atom. The van der Waals surface area contributed by atoms with E-state index < -0.39 is 0 Å². The van der Waals surface area contributed by atoms with E-state index in [-0.39, 0.29) is 5.41 Å². The molecule has 132 valence electrons. The summed E-state index contributed by atoms with van der Waals surface area (Å²) in [4.78, 5) is 17.5. The smallest absolute Gasteiger partial charge is 0.233 e. The fourth-order valence-corrected chi connectivity index (χ4v) is 3.30. The monoisotopic (exact) mass is 367 g/mol. The summed E-state index contributed by atoms with van der Waals surface area (Å²) in [6.45, 7) is 6.44. The predicted octanol–water partition coefficient (Wildman–Crippen LogP) is 3.06. The van der Waals surface area contributed by atoms with Crippen LogP contribution in [0.3, 0.4) is 0 Å². The maximum atomic E-state index is 5.42. The molecule has 0 aliphatic carbocycles. The number of pyridine rings is 1. The van der Waals surface area contributed by atoms with Crippen LogP contribution < -0.4 is 0 Å². The zero-order valence-electron chi connectivity index (χ0n) is 14.6. The summed E-state index contributed by atoms with van der Waals surface area (Å²) in [7, 11) is 0. The van der Waals surface area contributed by atoms with Crippen molar-refractivity contribution in [3.8, 4) is 17.2 Å². The Morgan fingerprint density at radius 1 is 1.23 bits per heavy atom. The lowest BCUT2D eigenvalue weighted by molar-refractivity contribution is 0.385. The molecule has 4 rings (SSSR count). The third kappa shape index (κ3) is 3.25. The lowest BCUT2D eigenvalue weighted by Gasteiger charge is -2.13. The zero-order valence-corrected chi connectivity index (χ0v) is 15.4. The number of aromatic nitrogens is 7. The molecular weight excluding hydrogens is 350 g/mol. The van der Waals surface area contributed by atoms with E-state index in [0.29, 0.717) is 24.0 Å². The third-order valence-corrected chi connectivity index (χ3v) is 4.97. The Hall–Kier alpha value is -2.94. The average Bonchev–Trinajstić information content (AvgIpc) is 3.36. The molecule has 0 amide bonds. The van der Waals surface area contributed by atoms with Crippen molar-refractivity contribution in [3.63, 3.8) is 0 Å². The van der Waals surface area contributed by atoms with Crippen molar-refractivity contribution in [1.82, 2.24) is 34.9 Å². The van der Waals surface area contributed by atoms with Gasteiger partial charge in [-0.1, -0.05) is 25.9 Å². The third-order valence-electron chi connectivity index (χ3n) is 3.66. The van der Waals surface area contributed by atoms with Crippen LogP contribution in [0.2, 0.25) is 0 Å². The molecule has 0 unspecified atom stereocenters. The van der Waals surface area contributed by atoms with E-state index in [1.807, 2.05) is 17.5 Å². The van der Waals surface area contributed by atoms with Crippen molar-refractivity contribution in [2.75, 3.05) is 0 Å². The summed E-state index contributed by atoms with van der Waals surface area (Å²) in [5.74, 6) is 1.57. The van der Waals surface area contributed by atoms with Crippen molar-refractivity contribution in [2.24, 2.45) is 0 Å². The van der Waals surface area contributed by atoms with E-state index in [1.165, 1.54) is 6.33 Å². The summed E-state index contributed by atoms with van der Waals surface area (Å²) in [5.41, 5.74) is 1.69. The first kappa shape index (κ1) is 16.5. The second kappa shape index (κ2) is 6.41. The van der Waals surface area contributed by atoms with E-state index in [2.05, 4.69) is 51.0 Å². The largest absolute Gasteiger partial charge is 0.339 e. The Kier molecular flexibility index (Phi) is 4.08. The highest BCUT2D eigenvalue weighted by Gasteiger charge is 2.20. The summed E-state index contributed by atoms with van der Waals surface area (Å²) in [6, 6.07) is 3.70. The highest BCUT2D eigenvalue weighted by molar-refractivity contribution is 7.09. The molecule has 4 heterocycles. The predicted molar refractivity (Wildman–Crippen MR) is 96.1 cm³/mol. The van der Waals surface area contributed by atoms with Gasteiger partial charge in [-0.05, 0) is 12.1 Å². The van der Waals surface area contributed by atoms with Crippen molar-refractivity contribution >= 4 is 11.3 Å². The zero-order chi connectivity index (χ0) is 18.1. The lowest BCUT2D eigenvalue weighted by atomic mass is 9.98. The molecule has 0 bridgehead atoms. The Balaban J connectivity index is 1.61. The quantitative estimate of drug-likeness (QED) is 0.547. The van der Waals surface area contributed by atoms with Crippen molar-refractivity contribution in [1.29, 1.82) is 0 Å². The molecule has 4 aromatic heterocycles. The Bertz CT molecular complexity index is 1010. The molecule has 4 aromatic rings. The standard InChI is InChI=1S/C17H17N7OS/c1-17(2,3)16-21-11(8-26-16)7-13-22-14(23-25-13)12-5-4-6-19-15(12)24-10-18-9-20-24/h4-6,8-10H,7H2,1-3H3. The van der Waals surface area contributed by atoms with Gasteiger partial charge < -0.3 is 4.52 Å². The number of rotatable bonds is 4. The summed E-state index contributed by atoms with van der Waals surface area (Å²) < 4.78 is 6.99. The maximum absolute atomic E-state index is 5.42. The highest BCUT2D eigenvalue weighted by Crippen LogP contribution is 2.27. The van der Waals surface area contributed by atoms with Gasteiger partial charge in [0.05, 0.1) is 22.7 Å². The second-order valence-corrected chi connectivity index (χ2v) is 7.66. The van der Waals surface area contributed by atoms with E-state index in [0.717, 1.165) is 16.3 Å². The van der Waals surface area contributed by atoms with Crippen LogP contribution >= 0.6 is 11.3 Å². The first-order chi connectivity index (χ1) is 12.5. The van der Waals surface area contributed by atoms with Crippen LogP contribution in [0.4, 0.5) is 0 Å². The van der Waals surface area contributed by atoms with Gasteiger partial charge in [-0.25, -0.2) is 19.6 Å². The minimum absolute atomic E-state index is 0.0331. The summed E-state index contributed by atoms with van der Waals surface area (Å²) in [6.07, 6.45) is 5.22. The van der Waals surface area contributed by atoms with Gasteiger partial charge in [-0.2, -0.15) is 10.1 Å². The number of hydrogen-bond donors (Lipinski definition) is 0. The van der Waals surface area contributed by atoms with Crippen LogP contribution in [-0.4, -0.2) is 34.9 Å². The molecule has 0 radical (unpaired) electrons. The van der Waals surface area contributed by atoms with Gasteiger partial charge in [0.2, 0.25) is 11.7 Å². The summed E-state index contributed by atoms with van der Waals surface area (Å²) in [5, 5.41) is 11.3. The van der Waals surface area contributed by atoms with Gasteiger partial charge in [0.15, 0.2) is 5.82 Å². The van der Waals surface area contributed by atoms with Crippen LogP contribution in [-0.2, 0) is 11.8 Å². The average molecular weight is 367 g/mol. The fraction of sp³-hybridized carbons (Fsp3) is 0.294. The second-order valence-electron chi connectivity index (χ2n) is 6.80. The first-order valence-electron chi connectivity index (χ1n) is 8.08. The van der Waals surface area contributed by atoms with E-state index >= 15 is 0 Å². The van der Waals surface area contributed by atoms with Gasteiger partial charge in [-0.15, -0.1) is 11.3 Å². The molecule has 0 spiro atoms. The topological polar surface area (TPSA) is 95.4 Å². The SMILES string of the molecule is CC(C)(C)c1nc(Cc2nc(-c3cccnc3-n3cncn3)no2)cs1. The van der Waals surface area contributed by atoms with Crippen LogP contribution in [0.25, 0.3) is 17.2 Å². The number of hydrogen-bond acceptors (Lipinski definition) is 8. The lowest BCUT2D eigenvalue weighted by Crippen LogP contribution is -2.10. The van der Waals surface area contributed by atoms with Crippen molar-refractivity contribution in [3.05, 3.63) is 53.0 Å². The fourth-order valence-electron chi connectivity index (χ4n) is 2.40. The van der Waals surface area contributed by atoms with E-state index in [9.17, 15) is 0 Å². The molecule has 0 aliphatic heterocycles. The molecule has 9 heteroatoms. The van der Waals surface area contributed by atoms with E-state index in [4.69, 9.17) is 4.52 Å².